The molecule has 0 aliphatic heterocycles. The maximum Gasteiger partial charge on any atom is 0.267 e. The lowest BCUT2D eigenvalue weighted by molar-refractivity contribution is 0.563. The molecule has 1 rings (SSSR count). The first-order valence-corrected chi connectivity index (χ1v) is 6.34. The highest BCUT2D eigenvalue weighted by atomic mass is 79.9. The van der Waals surface area contributed by atoms with Gasteiger partial charge in [-0.2, -0.15) is 0 Å². The molecule has 0 fully saturated rings. The van der Waals surface area contributed by atoms with Gasteiger partial charge in [0.05, 0.1) is 6.33 Å². The third-order valence-electron chi connectivity index (χ3n) is 2.14. The van der Waals surface area contributed by atoms with Gasteiger partial charge in [0.15, 0.2) is 0 Å². The van der Waals surface area contributed by atoms with E-state index < -0.39 is 0 Å². The lowest BCUT2D eigenvalue weighted by Gasteiger charge is -2.04. The summed E-state index contributed by atoms with van der Waals surface area (Å²) in [5.74, 6) is 0.721. The molecule has 84 valence electrons. The molecule has 15 heavy (non-hydrogen) atoms. The van der Waals surface area contributed by atoms with Crippen LogP contribution < -0.4 is 5.56 Å². The molecule has 0 atom stereocenters. The fourth-order valence-electron chi connectivity index (χ4n) is 1.31. The van der Waals surface area contributed by atoms with Gasteiger partial charge in [-0.05, 0) is 28.8 Å². The van der Waals surface area contributed by atoms with Gasteiger partial charge in [0.2, 0.25) is 0 Å². The standard InChI is InChI=1S/C10H14BrClN2O/c11-9-7-13-8-14(10(9)15)6-4-2-1-3-5-12/h7-8H,1-6H2. The van der Waals surface area contributed by atoms with Crippen LogP contribution in [0.25, 0.3) is 0 Å². The molecule has 3 nitrogen and oxygen atoms in total. The van der Waals surface area contributed by atoms with E-state index >= 15 is 0 Å². The van der Waals surface area contributed by atoms with E-state index in [0.717, 1.165) is 38.1 Å². The fraction of sp³-hybridized carbons (Fsp3) is 0.600. The van der Waals surface area contributed by atoms with E-state index in [0.29, 0.717) is 4.47 Å². The molecule has 0 saturated carbocycles. The monoisotopic (exact) mass is 292 g/mol. The zero-order valence-corrected chi connectivity index (χ0v) is 10.8. The molecule has 1 heterocycles. The quantitative estimate of drug-likeness (QED) is 0.597. The summed E-state index contributed by atoms with van der Waals surface area (Å²) in [4.78, 5) is 15.5. The molecule has 0 saturated heterocycles. The van der Waals surface area contributed by atoms with E-state index in [9.17, 15) is 4.79 Å². The summed E-state index contributed by atoms with van der Waals surface area (Å²) >= 11 is 8.74. The molecule has 0 amide bonds. The molecule has 0 unspecified atom stereocenters. The first-order valence-electron chi connectivity index (χ1n) is 5.01. The highest BCUT2D eigenvalue weighted by Gasteiger charge is 1.99. The van der Waals surface area contributed by atoms with E-state index in [2.05, 4.69) is 20.9 Å². The molecule has 1 aromatic rings. The molecule has 0 N–H and O–H groups in total. The first-order chi connectivity index (χ1) is 7.25. The predicted molar refractivity (Wildman–Crippen MR) is 65.4 cm³/mol. The van der Waals surface area contributed by atoms with Crippen molar-refractivity contribution in [2.75, 3.05) is 5.88 Å². The highest BCUT2D eigenvalue weighted by Crippen LogP contribution is 2.03. The normalized spacial score (nSPS) is 10.5. The van der Waals surface area contributed by atoms with Crippen LogP contribution in [0, 0.1) is 0 Å². The van der Waals surface area contributed by atoms with Crippen molar-refractivity contribution < 1.29 is 0 Å². The Hall–Kier alpha value is -0.350. The summed E-state index contributed by atoms with van der Waals surface area (Å²) in [6.45, 7) is 0.730. The Morgan fingerprint density at radius 1 is 1.33 bits per heavy atom. The minimum atomic E-state index is -0.0117. The van der Waals surface area contributed by atoms with Crippen LogP contribution in [0.3, 0.4) is 0 Å². The second-order valence-electron chi connectivity index (χ2n) is 3.34. The highest BCUT2D eigenvalue weighted by molar-refractivity contribution is 9.10. The lowest BCUT2D eigenvalue weighted by Crippen LogP contribution is -2.20. The Morgan fingerprint density at radius 2 is 2.07 bits per heavy atom. The van der Waals surface area contributed by atoms with Crippen molar-refractivity contribution in [1.29, 1.82) is 0 Å². The van der Waals surface area contributed by atoms with Crippen molar-refractivity contribution in [3.63, 3.8) is 0 Å². The van der Waals surface area contributed by atoms with E-state index in [1.807, 2.05) is 0 Å². The predicted octanol–water partition coefficient (Wildman–Crippen LogP) is 2.81. The zero-order valence-electron chi connectivity index (χ0n) is 8.46. The summed E-state index contributed by atoms with van der Waals surface area (Å²) in [5, 5.41) is 0. The van der Waals surface area contributed by atoms with Gasteiger partial charge in [0.1, 0.15) is 4.47 Å². The van der Waals surface area contributed by atoms with Gasteiger partial charge in [-0.1, -0.05) is 12.8 Å². The lowest BCUT2D eigenvalue weighted by atomic mass is 10.2. The van der Waals surface area contributed by atoms with Gasteiger partial charge in [0.25, 0.3) is 5.56 Å². The maximum atomic E-state index is 11.5. The molecule has 0 radical (unpaired) electrons. The molecule has 0 spiro atoms. The summed E-state index contributed by atoms with van der Waals surface area (Å²) < 4.78 is 2.15. The van der Waals surface area contributed by atoms with E-state index in [4.69, 9.17) is 11.6 Å². The summed E-state index contributed by atoms with van der Waals surface area (Å²) in [6, 6.07) is 0. The maximum absolute atomic E-state index is 11.5. The third kappa shape index (κ3) is 4.34. The van der Waals surface area contributed by atoms with Crippen molar-refractivity contribution in [2.45, 2.75) is 32.2 Å². The second kappa shape index (κ2) is 7.01. The van der Waals surface area contributed by atoms with Crippen molar-refractivity contribution in [3.05, 3.63) is 27.4 Å². The number of unbranched alkanes of at least 4 members (excludes halogenated alkanes) is 3. The van der Waals surface area contributed by atoms with E-state index in [1.165, 1.54) is 6.20 Å². The van der Waals surface area contributed by atoms with Gasteiger partial charge in [-0.25, -0.2) is 4.98 Å². The van der Waals surface area contributed by atoms with Crippen LogP contribution in [-0.4, -0.2) is 15.4 Å². The zero-order chi connectivity index (χ0) is 11.1. The van der Waals surface area contributed by atoms with Crippen LogP contribution in [0.5, 0.6) is 0 Å². The van der Waals surface area contributed by atoms with Crippen LogP contribution in [0.1, 0.15) is 25.7 Å². The minimum Gasteiger partial charge on any atom is -0.298 e. The Kier molecular flexibility index (Phi) is 5.95. The van der Waals surface area contributed by atoms with Crippen molar-refractivity contribution >= 4 is 27.5 Å². The van der Waals surface area contributed by atoms with Gasteiger partial charge in [0, 0.05) is 18.6 Å². The topological polar surface area (TPSA) is 34.9 Å². The van der Waals surface area contributed by atoms with Gasteiger partial charge in [-0.3, -0.25) is 9.36 Å². The third-order valence-corrected chi connectivity index (χ3v) is 2.95. The molecular weight excluding hydrogens is 279 g/mol. The molecule has 1 aromatic heterocycles. The minimum absolute atomic E-state index is 0.0117. The van der Waals surface area contributed by atoms with Crippen molar-refractivity contribution in [2.24, 2.45) is 0 Å². The van der Waals surface area contributed by atoms with Crippen LogP contribution in [0.4, 0.5) is 0 Å². The average Bonchev–Trinajstić information content (AvgIpc) is 2.24. The summed E-state index contributed by atoms with van der Waals surface area (Å²) in [6.07, 6.45) is 7.37. The Bertz CT molecular complexity index is 354. The molecule has 5 heteroatoms. The van der Waals surface area contributed by atoms with Crippen molar-refractivity contribution in [1.82, 2.24) is 9.55 Å². The van der Waals surface area contributed by atoms with Gasteiger partial charge >= 0.3 is 0 Å². The SMILES string of the molecule is O=c1c(Br)cncn1CCCCCCCl. The number of aryl methyl sites for hydroxylation is 1. The Balaban J connectivity index is 2.38. The smallest absolute Gasteiger partial charge is 0.267 e. The molecule has 0 aliphatic rings. The number of hydrogen-bond donors (Lipinski definition) is 0. The molecule has 0 aliphatic carbocycles. The molecule has 0 aromatic carbocycles. The number of aromatic nitrogens is 2. The Morgan fingerprint density at radius 3 is 2.80 bits per heavy atom. The fourth-order valence-corrected chi connectivity index (χ4v) is 1.85. The van der Waals surface area contributed by atoms with Crippen LogP contribution in [0.2, 0.25) is 0 Å². The van der Waals surface area contributed by atoms with Crippen LogP contribution in [-0.2, 0) is 6.54 Å². The Labute approximate surface area is 103 Å². The number of nitrogens with zero attached hydrogens (tertiary/aromatic N) is 2. The second-order valence-corrected chi connectivity index (χ2v) is 4.58. The molecule has 0 bridgehead atoms. The largest absolute Gasteiger partial charge is 0.298 e. The summed E-state index contributed by atoms with van der Waals surface area (Å²) in [7, 11) is 0. The van der Waals surface area contributed by atoms with Gasteiger partial charge in [-0.15, -0.1) is 11.6 Å². The number of alkyl halides is 1. The van der Waals surface area contributed by atoms with Crippen molar-refractivity contribution in [3.8, 4) is 0 Å². The van der Waals surface area contributed by atoms with Gasteiger partial charge < -0.3 is 0 Å². The number of rotatable bonds is 6. The number of hydrogen-bond acceptors (Lipinski definition) is 2. The van der Waals surface area contributed by atoms with Crippen LogP contribution in [0.15, 0.2) is 21.8 Å². The first kappa shape index (κ1) is 12.7. The molecular formula is C10H14BrClN2O. The van der Waals surface area contributed by atoms with E-state index in [1.54, 1.807) is 10.9 Å². The number of halogens is 2. The average molecular weight is 294 g/mol. The van der Waals surface area contributed by atoms with Crippen LogP contribution >= 0.6 is 27.5 Å². The van der Waals surface area contributed by atoms with E-state index in [-0.39, 0.29) is 5.56 Å². The summed E-state index contributed by atoms with van der Waals surface area (Å²) in [5.41, 5.74) is -0.0117.